The number of rotatable bonds is 2. The van der Waals surface area contributed by atoms with Gasteiger partial charge in [0.2, 0.25) is 5.91 Å². The van der Waals surface area contributed by atoms with Crippen molar-refractivity contribution in [2.75, 3.05) is 11.9 Å². The zero-order valence-corrected chi connectivity index (χ0v) is 7.64. The fraction of sp³-hybridized carbons (Fsp3) is 0.222. The van der Waals surface area contributed by atoms with Crippen LogP contribution < -0.4 is 11.1 Å². The molecule has 1 rings (SSSR count). The van der Waals surface area contributed by atoms with Crippen LogP contribution in [0.25, 0.3) is 0 Å². The second kappa shape index (κ2) is 4.31. The molecule has 0 aliphatic carbocycles. The van der Waals surface area contributed by atoms with Gasteiger partial charge in [-0.1, -0.05) is 6.07 Å². The third-order valence-electron chi connectivity index (χ3n) is 1.66. The number of carbonyl (C=O) groups excluding carboxylic acids is 1. The van der Waals surface area contributed by atoms with Crippen LogP contribution in [0.2, 0.25) is 0 Å². The van der Waals surface area contributed by atoms with Crippen molar-refractivity contribution in [1.29, 1.82) is 0 Å². The van der Waals surface area contributed by atoms with Gasteiger partial charge >= 0.3 is 6.18 Å². The number of amides is 1. The number of alkyl halides is 3. The van der Waals surface area contributed by atoms with Crippen LogP contribution in [0.15, 0.2) is 24.3 Å². The van der Waals surface area contributed by atoms with Gasteiger partial charge in [0.1, 0.15) is 0 Å². The van der Waals surface area contributed by atoms with Crippen molar-refractivity contribution >= 4 is 11.6 Å². The lowest BCUT2D eigenvalue weighted by molar-refractivity contribution is -0.137. The minimum atomic E-state index is -4.41. The van der Waals surface area contributed by atoms with E-state index in [0.29, 0.717) is 0 Å². The number of halogens is 3. The molecule has 1 aromatic rings. The van der Waals surface area contributed by atoms with E-state index in [2.05, 4.69) is 5.32 Å². The quantitative estimate of drug-likeness (QED) is 0.792. The van der Waals surface area contributed by atoms with Crippen LogP contribution in [0, 0.1) is 0 Å². The van der Waals surface area contributed by atoms with Gasteiger partial charge in [-0.25, -0.2) is 0 Å². The Balaban J connectivity index is 2.88. The normalized spacial score (nSPS) is 11.2. The summed E-state index contributed by atoms with van der Waals surface area (Å²) in [6.45, 7) is -0.268. The predicted octanol–water partition coefficient (Wildman–Crippen LogP) is 1.60. The van der Waals surface area contributed by atoms with Crippen LogP contribution in [-0.2, 0) is 11.0 Å². The average Bonchev–Trinajstić information content (AvgIpc) is 2.17. The lowest BCUT2D eigenvalue weighted by Crippen LogP contribution is -2.22. The number of benzene rings is 1. The largest absolute Gasteiger partial charge is 0.416 e. The number of nitrogens with two attached hydrogens (primary N) is 1. The molecule has 0 aliphatic rings. The van der Waals surface area contributed by atoms with Crippen molar-refractivity contribution < 1.29 is 18.0 Å². The maximum absolute atomic E-state index is 12.2. The monoisotopic (exact) mass is 218 g/mol. The molecule has 0 radical (unpaired) electrons. The standard InChI is InChI=1S/C9H9F3N2O/c10-9(11,12)6-2-1-3-7(4-6)14-8(15)5-13/h1-4H,5,13H2,(H,14,15). The average molecular weight is 218 g/mol. The Kier molecular flexibility index (Phi) is 3.31. The maximum Gasteiger partial charge on any atom is 0.416 e. The van der Waals surface area contributed by atoms with Crippen LogP contribution in [0.1, 0.15) is 5.56 Å². The Labute approximate surface area is 84.1 Å². The molecule has 3 nitrogen and oxygen atoms in total. The Morgan fingerprint density at radius 1 is 1.40 bits per heavy atom. The summed E-state index contributed by atoms with van der Waals surface area (Å²) < 4.78 is 36.7. The van der Waals surface area contributed by atoms with Crippen molar-refractivity contribution in [3.8, 4) is 0 Å². The third-order valence-corrected chi connectivity index (χ3v) is 1.66. The van der Waals surface area contributed by atoms with Crippen LogP contribution in [0.5, 0.6) is 0 Å². The number of hydrogen-bond acceptors (Lipinski definition) is 2. The van der Waals surface area contributed by atoms with Gasteiger partial charge in [0.05, 0.1) is 12.1 Å². The topological polar surface area (TPSA) is 55.1 Å². The van der Waals surface area contributed by atoms with Gasteiger partial charge < -0.3 is 11.1 Å². The molecule has 0 saturated heterocycles. The van der Waals surface area contributed by atoms with Crippen LogP contribution >= 0.6 is 0 Å². The van der Waals surface area contributed by atoms with E-state index in [4.69, 9.17) is 5.73 Å². The molecule has 0 aliphatic heterocycles. The zero-order chi connectivity index (χ0) is 11.5. The zero-order valence-electron chi connectivity index (χ0n) is 7.64. The first kappa shape index (κ1) is 11.5. The Morgan fingerprint density at radius 3 is 2.60 bits per heavy atom. The number of hydrogen-bond donors (Lipinski definition) is 2. The maximum atomic E-state index is 12.2. The summed E-state index contributed by atoms with van der Waals surface area (Å²) in [5, 5.41) is 2.24. The van der Waals surface area contributed by atoms with E-state index in [9.17, 15) is 18.0 Å². The molecule has 6 heteroatoms. The fourth-order valence-electron chi connectivity index (χ4n) is 0.985. The van der Waals surface area contributed by atoms with E-state index in [1.807, 2.05) is 0 Å². The van der Waals surface area contributed by atoms with Crippen molar-refractivity contribution in [1.82, 2.24) is 0 Å². The van der Waals surface area contributed by atoms with Crippen LogP contribution in [0.3, 0.4) is 0 Å². The van der Waals surface area contributed by atoms with Gasteiger partial charge in [-0.2, -0.15) is 13.2 Å². The molecular formula is C9H9F3N2O. The second-order valence-corrected chi connectivity index (χ2v) is 2.83. The summed E-state index contributed by atoms with van der Waals surface area (Å²) in [6.07, 6.45) is -4.41. The van der Waals surface area contributed by atoms with E-state index in [1.54, 1.807) is 0 Å². The molecule has 0 aromatic heterocycles. The minimum absolute atomic E-state index is 0.0836. The molecule has 82 valence electrons. The molecule has 1 aromatic carbocycles. The van der Waals surface area contributed by atoms with Gasteiger partial charge in [-0.15, -0.1) is 0 Å². The van der Waals surface area contributed by atoms with Crippen molar-refractivity contribution in [2.45, 2.75) is 6.18 Å². The number of carbonyl (C=O) groups is 1. The van der Waals surface area contributed by atoms with Gasteiger partial charge in [0.15, 0.2) is 0 Å². The summed E-state index contributed by atoms with van der Waals surface area (Å²) >= 11 is 0. The van der Waals surface area contributed by atoms with Crippen molar-refractivity contribution in [3.05, 3.63) is 29.8 Å². The van der Waals surface area contributed by atoms with Gasteiger partial charge in [-0.05, 0) is 18.2 Å². The van der Waals surface area contributed by atoms with E-state index in [0.717, 1.165) is 12.1 Å². The Bertz CT molecular complexity index is 363. The van der Waals surface area contributed by atoms with Crippen LogP contribution in [-0.4, -0.2) is 12.5 Å². The van der Waals surface area contributed by atoms with E-state index in [1.165, 1.54) is 12.1 Å². The molecule has 0 spiro atoms. The molecule has 1 amide bonds. The lowest BCUT2D eigenvalue weighted by atomic mass is 10.2. The van der Waals surface area contributed by atoms with Crippen molar-refractivity contribution in [2.24, 2.45) is 5.73 Å². The first-order valence-corrected chi connectivity index (χ1v) is 4.10. The first-order valence-electron chi connectivity index (χ1n) is 4.10. The minimum Gasteiger partial charge on any atom is -0.325 e. The second-order valence-electron chi connectivity index (χ2n) is 2.83. The number of anilines is 1. The SMILES string of the molecule is NCC(=O)Nc1cccc(C(F)(F)F)c1. The van der Waals surface area contributed by atoms with Gasteiger partial charge in [0.25, 0.3) is 0 Å². The summed E-state index contributed by atoms with van der Waals surface area (Å²) in [5.74, 6) is -0.533. The van der Waals surface area contributed by atoms with Gasteiger partial charge in [-0.3, -0.25) is 4.79 Å². The van der Waals surface area contributed by atoms with E-state index < -0.39 is 17.6 Å². The smallest absolute Gasteiger partial charge is 0.325 e. The van der Waals surface area contributed by atoms with E-state index >= 15 is 0 Å². The highest BCUT2D eigenvalue weighted by atomic mass is 19.4. The lowest BCUT2D eigenvalue weighted by Gasteiger charge is -2.09. The van der Waals surface area contributed by atoms with Gasteiger partial charge in [0, 0.05) is 5.69 Å². The van der Waals surface area contributed by atoms with Crippen LogP contribution in [0.4, 0.5) is 18.9 Å². The highest BCUT2D eigenvalue weighted by Gasteiger charge is 2.30. The molecule has 15 heavy (non-hydrogen) atoms. The third kappa shape index (κ3) is 3.25. The molecule has 0 unspecified atom stereocenters. The summed E-state index contributed by atoms with van der Waals surface area (Å²) in [5.41, 5.74) is 4.29. The molecule has 0 atom stereocenters. The predicted molar refractivity (Wildman–Crippen MR) is 49.1 cm³/mol. The first-order chi connectivity index (χ1) is 6.93. The highest BCUT2D eigenvalue weighted by molar-refractivity contribution is 5.92. The highest BCUT2D eigenvalue weighted by Crippen LogP contribution is 2.30. The van der Waals surface area contributed by atoms with E-state index in [-0.39, 0.29) is 12.2 Å². The Hall–Kier alpha value is -1.56. The summed E-state index contributed by atoms with van der Waals surface area (Å²) in [4.78, 5) is 10.8. The Morgan fingerprint density at radius 2 is 2.07 bits per heavy atom. The molecular weight excluding hydrogens is 209 g/mol. The number of nitrogens with one attached hydrogen (secondary N) is 1. The molecule has 0 saturated carbocycles. The molecule has 3 N–H and O–H groups in total. The molecule has 0 heterocycles. The summed E-state index contributed by atoms with van der Waals surface area (Å²) in [7, 11) is 0. The fourth-order valence-corrected chi connectivity index (χ4v) is 0.985. The van der Waals surface area contributed by atoms with Crippen molar-refractivity contribution in [3.63, 3.8) is 0 Å². The molecule has 0 fully saturated rings. The summed E-state index contributed by atoms with van der Waals surface area (Å²) in [6, 6.07) is 4.36. The molecule has 0 bridgehead atoms.